The van der Waals surface area contributed by atoms with Gasteiger partial charge in [-0.2, -0.15) is 0 Å². The van der Waals surface area contributed by atoms with E-state index in [1.807, 2.05) is 19.1 Å². The van der Waals surface area contributed by atoms with Crippen molar-refractivity contribution in [3.05, 3.63) is 48.3 Å². The summed E-state index contributed by atoms with van der Waals surface area (Å²) in [6, 6.07) is 7.09. The van der Waals surface area contributed by atoms with Crippen LogP contribution in [0.2, 0.25) is 0 Å². The topological polar surface area (TPSA) is 71.2 Å². The summed E-state index contributed by atoms with van der Waals surface area (Å²) in [5.74, 6) is 2.30. The van der Waals surface area contributed by atoms with Crippen LogP contribution < -0.4 is 5.32 Å². The predicted octanol–water partition coefficient (Wildman–Crippen LogP) is 2.85. The van der Waals surface area contributed by atoms with Crippen LogP contribution in [0, 0.1) is 6.92 Å². The van der Waals surface area contributed by atoms with Crippen LogP contribution in [0.15, 0.2) is 41.1 Å². The largest absolute Gasteiger partial charge is 0.508 e. The molecule has 3 rings (SSSR count). The number of aromatic nitrogens is 2. The van der Waals surface area contributed by atoms with Crippen molar-refractivity contribution in [2.75, 3.05) is 5.32 Å². The Bertz CT molecular complexity index is 722. The molecule has 0 amide bonds. The van der Waals surface area contributed by atoms with Gasteiger partial charge in [0.2, 0.25) is 5.89 Å². The zero-order valence-corrected chi connectivity index (χ0v) is 10.4. The molecule has 0 saturated heterocycles. The molecule has 5 nitrogen and oxygen atoms in total. The van der Waals surface area contributed by atoms with Gasteiger partial charge in [0.25, 0.3) is 0 Å². The molecule has 0 fully saturated rings. The van der Waals surface area contributed by atoms with Crippen molar-refractivity contribution in [1.29, 1.82) is 0 Å². The molecule has 1 aromatic carbocycles. The Labute approximate surface area is 109 Å². The summed E-state index contributed by atoms with van der Waals surface area (Å²) in [7, 11) is 0. The second kappa shape index (κ2) is 4.61. The van der Waals surface area contributed by atoms with E-state index in [-0.39, 0.29) is 5.75 Å². The average molecular weight is 255 g/mol. The van der Waals surface area contributed by atoms with Crippen molar-refractivity contribution < 1.29 is 9.52 Å². The maximum Gasteiger partial charge on any atom is 0.213 e. The van der Waals surface area contributed by atoms with Crippen LogP contribution in [-0.4, -0.2) is 15.1 Å². The van der Waals surface area contributed by atoms with Gasteiger partial charge in [-0.15, -0.1) is 0 Å². The van der Waals surface area contributed by atoms with Gasteiger partial charge in [-0.25, -0.2) is 9.97 Å². The smallest absolute Gasteiger partial charge is 0.213 e. The molecule has 96 valence electrons. The Hall–Kier alpha value is -2.56. The zero-order chi connectivity index (χ0) is 13.2. The molecule has 2 aromatic heterocycles. The van der Waals surface area contributed by atoms with E-state index in [1.165, 1.54) is 0 Å². The van der Waals surface area contributed by atoms with Gasteiger partial charge in [-0.3, -0.25) is 0 Å². The van der Waals surface area contributed by atoms with Crippen molar-refractivity contribution in [2.45, 2.75) is 13.5 Å². The molecule has 3 aromatic rings. The van der Waals surface area contributed by atoms with Gasteiger partial charge in [0.1, 0.15) is 17.3 Å². The molecule has 0 unspecified atom stereocenters. The van der Waals surface area contributed by atoms with Crippen molar-refractivity contribution >= 4 is 16.6 Å². The number of fused-ring (bicyclic) bond motifs is 1. The summed E-state index contributed by atoms with van der Waals surface area (Å²) < 4.78 is 5.39. The van der Waals surface area contributed by atoms with Gasteiger partial charge in [0.05, 0.1) is 12.7 Å². The third-order valence-electron chi connectivity index (χ3n) is 2.83. The summed E-state index contributed by atoms with van der Waals surface area (Å²) in [5, 5.41) is 14.6. The fraction of sp³-hybridized carbons (Fsp3) is 0.143. The number of anilines is 1. The van der Waals surface area contributed by atoms with E-state index in [4.69, 9.17) is 4.42 Å². The number of phenolic OH excluding ortho intramolecular Hbond substituents is 1. The first-order valence-electron chi connectivity index (χ1n) is 5.95. The number of pyridine rings is 1. The van der Waals surface area contributed by atoms with Gasteiger partial charge >= 0.3 is 0 Å². The maximum atomic E-state index is 9.56. The minimum Gasteiger partial charge on any atom is -0.508 e. The second-order valence-electron chi connectivity index (χ2n) is 4.28. The first kappa shape index (κ1) is 11.5. The van der Waals surface area contributed by atoms with E-state index >= 15 is 0 Å². The molecular weight excluding hydrogens is 242 g/mol. The molecule has 19 heavy (non-hydrogen) atoms. The lowest BCUT2D eigenvalue weighted by atomic mass is 10.1. The Balaban J connectivity index is 1.90. The van der Waals surface area contributed by atoms with Crippen molar-refractivity contribution in [3.63, 3.8) is 0 Å². The highest BCUT2D eigenvalue weighted by Crippen LogP contribution is 2.25. The van der Waals surface area contributed by atoms with E-state index in [0.29, 0.717) is 18.3 Å². The van der Waals surface area contributed by atoms with Crippen molar-refractivity contribution in [2.24, 2.45) is 0 Å². The fourth-order valence-corrected chi connectivity index (χ4v) is 1.94. The van der Waals surface area contributed by atoms with Crippen LogP contribution in [-0.2, 0) is 6.54 Å². The first-order valence-corrected chi connectivity index (χ1v) is 5.95. The highest BCUT2D eigenvalue weighted by Gasteiger charge is 2.05. The van der Waals surface area contributed by atoms with Crippen LogP contribution in [0.3, 0.4) is 0 Å². The molecule has 0 atom stereocenters. The van der Waals surface area contributed by atoms with Crippen LogP contribution >= 0.6 is 0 Å². The Morgan fingerprint density at radius 3 is 2.95 bits per heavy atom. The lowest BCUT2D eigenvalue weighted by Crippen LogP contribution is -2.01. The van der Waals surface area contributed by atoms with Gasteiger partial charge in [-0.05, 0) is 30.5 Å². The Kier molecular flexibility index (Phi) is 2.79. The molecule has 0 saturated carbocycles. The summed E-state index contributed by atoms with van der Waals surface area (Å²) >= 11 is 0. The van der Waals surface area contributed by atoms with Crippen LogP contribution in [0.25, 0.3) is 10.8 Å². The number of oxazole rings is 1. The fourth-order valence-electron chi connectivity index (χ4n) is 1.94. The SMILES string of the molecule is Cc1cnc(CNc2nccc3ccc(O)cc23)o1. The average Bonchev–Trinajstić information content (AvgIpc) is 2.82. The van der Waals surface area contributed by atoms with Crippen LogP contribution in [0.1, 0.15) is 11.7 Å². The number of rotatable bonds is 3. The minimum atomic E-state index is 0.218. The van der Waals surface area contributed by atoms with Gasteiger partial charge < -0.3 is 14.8 Å². The van der Waals surface area contributed by atoms with E-state index < -0.39 is 0 Å². The van der Waals surface area contributed by atoms with Crippen molar-refractivity contribution in [3.8, 4) is 5.75 Å². The number of aromatic hydroxyl groups is 1. The number of nitrogens with zero attached hydrogens (tertiary/aromatic N) is 2. The number of phenols is 1. The van der Waals surface area contributed by atoms with Gasteiger partial charge in [0, 0.05) is 11.6 Å². The molecule has 2 heterocycles. The molecule has 0 aliphatic rings. The predicted molar refractivity (Wildman–Crippen MR) is 72.0 cm³/mol. The highest BCUT2D eigenvalue weighted by molar-refractivity contribution is 5.92. The summed E-state index contributed by atoms with van der Waals surface area (Å²) in [4.78, 5) is 8.40. The highest BCUT2D eigenvalue weighted by atomic mass is 16.4. The molecule has 5 heteroatoms. The first-order chi connectivity index (χ1) is 9.22. The number of hydrogen-bond donors (Lipinski definition) is 2. The van der Waals surface area contributed by atoms with E-state index in [0.717, 1.165) is 16.5 Å². The monoisotopic (exact) mass is 255 g/mol. The van der Waals surface area contributed by atoms with E-state index in [9.17, 15) is 5.11 Å². The lowest BCUT2D eigenvalue weighted by Gasteiger charge is -2.07. The van der Waals surface area contributed by atoms with E-state index in [1.54, 1.807) is 24.5 Å². The Morgan fingerprint density at radius 2 is 2.16 bits per heavy atom. The molecule has 0 radical (unpaired) electrons. The molecule has 0 aliphatic heterocycles. The third-order valence-corrected chi connectivity index (χ3v) is 2.83. The van der Waals surface area contributed by atoms with Gasteiger partial charge in [0.15, 0.2) is 0 Å². The van der Waals surface area contributed by atoms with Crippen molar-refractivity contribution in [1.82, 2.24) is 9.97 Å². The quantitative estimate of drug-likeness (QED) is 0.753. The summed E-state index contributed by atoms with van der Waals surface area (Å²) in [6.45, 7) is 2.31. The minimum absolute atomic E-state index is 0.218. The number of nitrogens with one attached hydrogen (secondary N) is 1. The maximum absolute atomic E-state index is 9.56. The second-order valence-corrected chi connectivity index (χ2v) is 4.28. The van der Waals surface area contributed by atoms with Crippen LogP contribution in [0.4, 0.5) is 5.82 Å². The molecule has 0 spiro atoms. The van der Waals surface area contributed by atoms with Gasteiger partial charge in [-0.1, -0.05) is 6.07 Å². The molecular formula is C14H13N3O2. The molecule has 2 N–H and O–H groups in total. The van der Waals surface area contributed by atoms with E-state index in [2.05, 4.69) is 15.3 Å². The standard InChI is InChI=1S/C14H13N3O2/c1-9-7-16-13(19-9)8-17-14-12-6-11(18)3-2-10(12)4-5-15-14/h2-7,18H,8H2,1H3,(H,15,17). The normalized spacial score (nSPS) is 10.8. The number of benzene rings is 1. The lowest BCUT2D eigenvalue weighted by molar-refractivity contribution is 0.476. The zero-order valence-electron chi connectivity index (χ0n) is 10.4. The molecule has 0 bridgehead atoms. The van der Waals surface area contributed by atoms with Crippen LogP contribution in [0.5, 0.6) is 5.75 Å². The Morgan fingerprint density at radius 1 is 1.26 bits per heavy atom. The summed E-state index contributed by atoms with van der Waals surface area (Å²) in [6.07, 6.45) is 3.40. The number of aryl methyl sites for hydroxylation is 1. The molecule has 0 aliphatic carbocycles. The summed E-state index contributed by atoms with van der Waals surface area (Å²) in [5.41, 5.74) is 0. The number of hydrogen-bond acceptors (Lipinski definition) is 5. The third kappa shape index (κ3) is 2.35.